The lowest BCUT2D eigenvalue weighted by molar-refractivity contribution is 0.618. The Morgan fingerprint density at radius 3 is 2.77 bits per heavy atom. The van der Waals surface area contributed by atoms with Crippen molar-refractivity contribution in [1.82, 2.24) is 14.4 Å². The number of rotatable bonds is 4. The van der Waals surface area contributed by atoms with Gasteiger partial charge in [-0.25, -0.2) is 14.4 Å². The summed E-state index contributed by atoms with van der Waals surface area (Å²) in [4.78, 5) is 21.4. The molecule has 0 fully saturated rings. The molecule has 31 heavy (non-hydrogen) atoms. The highest BCUT2D eigenvalue weighted by Gasteiger charge is 2.20. The molecule has 3 aromatic heterocycles. The molecule has 0 aliphatic heterocycles. The quantitative estimate of drug-likeness (QED) is 0.525. The minimum atomic E-state index is -0.501. The van der Waals surface area contributed by atoms with Gasteiger partial charge in [-0.1, -0.05) is 29.8 Å². The third-order valence-corrected chi connectivity index (χ3v) is 5.08. The van der Waals surface area contributed by atoms with Crippen molar-refractivity contribution < 1.29 is 4.39 Å². The van der Waals surface area contributed by atoms with Crippen LogP contribution in [0.3, 0.4) is 0 Å². The highest BCUT2D eigenvalue weighted by atomic mass is 19.1. The number of hydrogen-bond acceptors (Lipinski definition) is 6. The summed E-state index contributed by atoms with van der Waals surface area (Å²) in [7, 11) is 0. The number of nitrogens with one attached hydrogen (secondary N) is 1. The molecule has 1 aromatic carbocycles. The van der Waals surface area contributed by atoms with E-state index in [0.717, 1.165) is 11.1 Å². The van der Waals surface area contributed by atoms with E-state index in [2.05, 4.69) is 15.3 Å². The lowest BCUT2D eigenvalue weighted by Crippen LogP contribution is -2.21. The molecule has 0 aliphatic carbocycles. The van der Waals surface area contributed by atoms with Crippen LogP contribution in [0.4, 0.5) is 16.0 Å². The highest BCUT2D eigenvalue weighted by Crippen LogP contribution is 2.30. The van der Waals surface area contributed by atoms with Crippen molar-refractivity contribution in [2.24, 2.45) is 0 Å². The predicted molar refractivity (Wildman–Crippen MR) is 117 cm³/mol. The third kappa shape index (κ3) is 3.69. The summed E-state index contributed by atoms with van der Waals surface area (Å²) in [5, 5.41) is 12.6. The Morgan fingerprint density at radius 1 is 1.23 bits per heavy atom. The molecule has 0 bridgehead atoms. The molecule has 0 amide bonds. The molecule has 1 unspecified atom stereocenters. The number of nitrogen functional groups attached to an aromatic ring is 1. The van der Waals surface area contributed by atoms with Gasteiger partial charge in [-0.05, 0) is 43.2 Å². The highest BCUT2D eigenvalue weighted by molar-refractivity contribution is 5.72. The van der Waals surface area contributed by atoms with E-state index in [9.17, 15) is 14.4 Å². The number of aromatic nitrogens is 3. The van der Waals surface area contributed by atoms with E-state index in [1.54, 1.807) is 6.07 Å². The van der Waals surface area contributed by atoms with Crippen LogP contribution in [0.2, 0.25) is 0 Å². The van der Waals surface area contributed by atoms with Crippen LogP contribution < -0.4 is 16.6 Å². The Labute approximate surface area is 177 Å². The second-order valence-corrected chi connectivity index (χ2v) is 7.25. The molecule has 4 rings (SSSR count). The summed E-state index contributed by atoms with van der Waals surface area (Å²) in [6.45, 7) is 3.79. The number of fused-ring (bicyclic) bond motifs is 1. The Morgan fingerprint density at radius 2 is 2.03 bits per heavy atom. The van der Waals surface area contributed by atoms with E-state index in [4.69, 9.17) is 5.73 Å². The fourth-order valence-corrected chi connectivity index (χ4v) is 3.59. The van der Waals surface area contributed by atoms with Crippen molar-refractivity contribution in [3.8, 4) is 17.2 Å². The number of hydrogen-bond donors (Lipinski definition) is 2. The third-order valence-electron chi connectivity index (χ3n) is 5.08. The van der Waals surface area contributed by atoms with Crippen LogP contribution in [0, 0.1) is 24.1 Å². The van der Waals surface area contributed by atoms with E-state index in [1.165, 1.54) is 23.0 Å². The molecule has 0 radical (unpaired) electrons. The molecule has 8 heteroatoms. The van der Waals surface area contributed by atoms with Gasteiger partial charge in [0.15, 0.2) is 0 Å². The van der Waals surface area contributed by atoms with Crippen LogP contribution in [-0.4, -0.2) is 14.4 Å². The Balaban J connectivity index is 1.93. The van der Waals surface area contributed by atoms with Gasteiger partial charge in [0, 0.05) is 11.7 Å². The molecule has 0 aliphatic rings. The van der Waals surface area contributed by atoms with Crippen molar-refractivity contribution in [3.05, 3.63) is 87.9 Å². The van der Waals surface area contributed by atoms with Crippen LogP contribution in [0.5, 0.6) is 0 Å². The summed E-state index contributed by atoms with van der Waals surface area (Å²) < 4.78 is 15.2. The number of benzene rings is 1. The van der Waals surface area contributed by atoms with Crippen LogP contribution in [0.1, 0.15) is 29.7 Å². The first-order chi connectivity index (χ1) is 14.9. The van der Waals surface area contributed by atoms with Gasteiger partial charge in [-0.3, -0.25) is 9.20 Å². The topological polar surface area (TPSA) is 109 Å². The Bertz CT molecular complexity index is 1410. The zero-order valence-corrected chi connectivity index (χ0v) is 16.9. The second-order valence-electron chi connectivity index (χ2n) is 7.25. The SMILES string of the molecule is Cc1cccc(-c2c(C(C)Nc3ncnc(N)c3C#N)cc3ccc(F)cn3c2=O)c1. The minimum Gasteiger partial charge on any atom is -0.382 e. The van der Waals surface area contributed by atoms with Crippen LogP contribution in [0.15, 0.2) is 59.8 Å². The van der Waals surface area contributed by atoms with Crippen molar-refractivity contribution in [2.45, 2.75) is 19.9 Å². The van der Waals surface area contributed by atoms with Crippen molar-refractivity contribution >= 4 is 17.2 Å². The summed E-state index contributed by atoms with van der Waals surface area (Å²) in [6.07, 6.45) is 2.45. The van der Waals surface area contributed by atoms with Gasteiger partial charge in [0.2, 0.25) is 0 Å². The summed E-state index contributed by atoms with van der Waals surface area (Å²) >= 11 is 0. The van der Waals surface area contributed by atoms with Crippen molar-refractivity contribution in [3.63, 3.8) is 0 Å². The average Bonchev–Trinajstić information content (AvgIpc) is 2.74. The van der Waals surface area contributed by atoms with Crippen molar-refractivity contribution in [1.29, 1.82) is 5.26 Å². The first kappa shape index (κ1) is 20.0. The van der Waals surface area contributed by atoms with E-state index < -0.39 is 11.9 Å². The van der Waals surface area contributed by atoms with Crippen LogP contribution in [0.25, 0.3) is 16.6 Å². The van der Waals surface area contributed by atoms with Gasteiger partial charge >= 0.3 is 0 Å². The van der Waals surface area contributed by atoms with Gasteiger partial charge in [0.25, 0.3) is 5.56 Å². The minimum absolute atomic E-state index is 0.0696. The zero-order valence-electron chi connectivity index (χ0n) is 16.9. The van der Waals surface area contributed by atoms with E-state index in [0.29, 0.717) is 16.6 Å². The average molecular weight is 414 g/mol. The van der Waals surface area contributed by atoms with Crippen LogP contribution in [-0.2, 0) is 0 Å². The predicted octanol–water partition coefficient (Wildman–Crippen LogP) is 3.83. The lowest BCUT2D eigenvalue weighted by atomic mass is 9.95. The Hall–Kier alpha value is -4.25. The zero-order chi connectivity index (χ0) is 22.1. The molecular weight excluding hydrogens is 395 g/mol. The first-order valence-corrected chi connectivity index (χ1v) is 9.58. The molecule has 3 N–H and O–H groups in total. The summed E-state index contributed by atoms with van der Waals surface area (Å²) in [5.74, 6) is -0.156. The largest absolute Gasteiger partial charge is 0.382 e. The maximum absolute atomic E-state index is 13.9. The molecular formula is C23H19FN6O. The van der Waals surface area contributed by atoms with Gasteiger partial charge in [0.05, 0.1) is 11.6 Å². The van der Waals surface area contributed by atoms with E-state index in [-0.39, 0.29) is 22.8 Å². The molecule has 0 saturated heterocycles. The Kier molecular flexibility index (Phi) is 5.09. The van der Waals surface area contributed by atoms with Gasteiger partial charge in [-0.2, -0.15) is 5.26 Å². The smallest absolute Gasteiger partial charge is 0.263 e. The maximum atomic E-state index is 13.9. The number of nitrogens with two attached hydrogens (primary N) is 1. The molecule has 0 spiro atoms. The normalized spacial score (nSPS) is 11.8. The van der Waals surface area contributed by atoms with E-state index in [1.807, 2.05) is 50.2 Å². The number of pyridine rings is 2. The molecule has 0 saturated carbocycles. The molecule has 7 nitrogen and oxygen atoms in total. The van der Waals surface area contributed by atoms with Crippen LogP contribution >= 0.6 is 0 Å². The number of halogens is 1. The fourth-order valence-electron chi connectivity index (χ4n) is 3.59. The van der Waals surface area contributed by atoms with E-state index >= 15 is 0 Å². The van der Waals surface area contributed by atoms with Gasteiger partial charge in [-0.15, -0.1) is 0 Å². The maximum Gasteiger partial charge on any atom is 0.263 e. The molecule has 154 valence electrons. The molecule has 3 heterocycles. The summed E-state index contributed by atoms with van der Waals surface area (Å²) in [5.41, 5.74) is 8.96. The molecule has 1 atom stereocenters. The second kappa shape index (κ2) is 7.88. The fraction of sp³-hybridized carbons (Fsp3) is 0.130. The number of nitrogens with zero attached hydrogens (tertiary/aromatic N) is 4. The number of nitriles is 1. The lowest BCUT2D eigenvalue weighted by Gasteiger charge is -2.20. The first-order valence-electron chi connectivity index (χ1n) is 9.58. The summed E-state index contributed by atoms with van der Waals surface area (Å²) in [6, 6.07) is 13.8. The number of anilines is 2. The standard InChI is InChI=1S/C23H19FN6O/c1-13-4-3-5-15(8-13)20-18(9-17-7-6-16(24)11-30(17)23(20)31)14(2)29-22-19(10-25)21(26)27-12-28-22/h3-9,11-12,14H,1-2H3,(H3,26,27,28,29). The number of aryl methyl sites for hydroxylation is 1. The monoisotopic (exact) mass is 414 g/mol. The van der Waals surface area contributed by atoms with Gasteiger partial charge < -0.3 is 11.1 Å². The molecule has 4 aromatic rings. The van der Waals surface area contributed by atoms with Gasteiger partial charge in [0.1, 0.15) is 35.4 Å². The van der Waals surface area contributed by atoms with Crippen molar-refractivity contribution in [2.75, 3.05) is 11.1 Å².